The molecule has 8 nitrogen and oxygen atoms in total. The first-order chi connectivity index (χ1) is 19.2. The maximum atomic E-state index is 12.3. The SMILES string of the molecule is CCCCCCCCCCCCCCCCCNC(=O)O[C@@H]1CCCO[C@H]1COC(=O)NCc1ccccn1. The molecule has 39 heavy (non-hydrogen) atoms. The average Bonchev–Trinajstić information content (AvgIpc) is 2.96. The van der Waals surface area contributed by atoms with Crippen LogP contribution in [0, 0.1) is 0 Å². The zero-order chi connectivity index (χ0) is 27.8. The molecular formula is C31H53N3O5. The minimum atomic E-state index is -0.550. The van der Waals surface area contributed by atoms with Gasteiger partial charge >= 0.3 is 12.2 Å². The molecule has 222 valence electrons. The summed E-state index contributed by atoms with van der Waals surface area (Å²) < 4.78 is 16.6. The molecule has 1 aliphatic heterocycles. The summed E-state index contributed by atoms with van der Waals surface area (Å²) >= 11 is 0. The molecule has 0 unspecified atom stereocenters. The Bertz CT molecular complexity index is 749. The van der Waals surface area contributed by atoms with Gasteiger partial charge in [0, 0.05) is 19.3 Å². The van der Waals surface area contributed by atoms with E-state index in [2.05, 4.69) is 22.5 Å². The Morgan fingerprint density at radius 2 is 1.51 bits per heavy atom. The van der Waals surface area contributed by atoms with E-state index in [1.165, 1.54) is 83.5 Å². The third-order valence-electron chi connectivity index (χ3n) is 7.21. The van der Waals surface area contributed by atoms with Crippen LogP contribution >= 0.6 is 0 Å². The lowest BCUT2D eigenvalue weighted by atomic mass is 10.0. The number of nitrogens with one attached hydrogen (secondary N) is 2. The van der Waals surface area contributed by atoms with E-state index in [4.69, 9.17) is 14.2 Å². The molecule has 1 fully saturated rings. The number of pyridine rings is 1. The number of amides is 2. The quantitative estimate of drug-likeness (QED) is 0.155. The number of carbonyl (C=O) groups excluding carboxylic acids is 2. The van der Waals surface area contributed by atoms with Crippen molar-refractivity contribution in [3.8, 4) is 0 Å². The number of ether oxygens (including phenoxy) is 3. The summed E-state index contributed by atoms with van der Waals surface area (Å²) in [6.45, 7) is 3.76. The monoisotopic (exact) mass is 547 g/mol. The molecule has 2 atom stereocenters. The van der Waals surface area contributed by atoms with Gasteiger partial charge in [0.15, 0.2) is 0 Å². The molecule has 1 aliphatic rings. The molecule has 0 aromatic carbocycles. The summed E-state index contributed by atoms with van der Waals surface area (Å²) in [5.41, 5.74) is 0.746. The first-order valence-electron chi connectivity index (χ1n) is 15.6. The minimum Gasteiger partial charge on any atom is -0.447 e. The number of nitrogens with zero attached hydrogens (tertiary/aromatic N) is 1. The van der Waals surface area contributed by atoms with Gasteiger partial charge in [-0.15, -0.1) is 0 Å². The Labute approximate surface area is 236 Å². The van der Waals surface area contributed by atoms with Crippen LogP contribution in [0.2, 0.25) is 0 Å². The van der Waals surface area contributed by atoms with Crippen LogP contribution in [-0.4, -0.2) is 49.1 Å². The number of hydrogen-bond acceptors (Lipinski definition) is 6. The predicted molar refractivity (Wildman–Crippen MR) is 155 cm³/mol. The van der Waals surface area contributed by atoms with Crippen molar-refractivity contribution in [3.05, 3.63) is 30.1 Å². The number of rotatable bonds is 21. The molecule has 0 radical (unpaired) electrons. The lowest BCUT2D eigenvalue weighted by Crippen LogP contribution is -2.43. The van der Waals surface area contributed by atoms with E-state index in [1.54, 1.807) is 6.20 Å². The van der Waals surface area contributed by atoms with Crippen LogP contribution < -0.4 is 10.6 Å². The van der Waals surface area contributed by atoms with Gasteiger partial charge in [0.1, 0.15) is 18.8 Å². The summed E-state index contributed by atoms with van der Waals surface area (Å²) in [6, 6.07) is 5.50. The maximum Gasteiger partial charge on any atom is 0.407 e. The van der Waals surface area contributed by atoms with Gasteiger partial charge in [-0.1, -0.05) is 103 Å². The van der Waals surface area contributed by atoms with Crippen molar-refractivity contribution < 1.29 is 23.8 Å². The van der Waals surface area contributed by atoms with Gasteiger partial charge in [-0.25, -0.2) is 9.59 Å². The molecule has 2 rings (SSSR count). The number of aromatic nitrogens is 1. The summed E-state index contributed by atoms with van der Waals surface area (Å²) in [6.07, 6.45) is 21.1. The lowest BCUT2D eigenvalue weighted by molar-refractivity contribution is -0.0985. The average molecular weight is 548 g/mol. The van der Waals surface area contributed by atoms with Crippen LogP contribution in [0.15, 0.2) is 24.4 Å². The molecule has 1 aromatic rings. The van der Waals surface area contributed by atoms with Crippen molar-refractivity contribution in [3.63, 3.8) is 0 Å². The Balaban J connectivity index is 1.43. The van der Waals surface area contributed by atoms with Crippen molar-refractivity contribution in [2.45, 2.75) is 135 Å². The van der Waals surface area contributed by atoms with E-state index in [9.17, 15) is 9.59 Å². The lowest BCUT2D eigenvalue weighted by Gasteiger charge is -2.30. The Hall–Kier alpha value is -2.35. The molecule has 8 heteroatoms. The summed E-state index contributed by atoms with van der Waals surface area (Å²) in [5, 5.41) is 5.52. The third kappa shape index (κ3) is 17.1. The van der Waals surface area contributed by atoms with Crippen molar-refractivity contribution in [1.82, 2.24) is 15.6 Å². The van der Waals surface area contributed by atoms with Crippen molar-refractivity contribution in [1.29, 1.82) is 0 Å². The van der Waals surface area contributed by atoms with Gasteiger partial charge in [0.25, 0.3) is 0 Å². The van der Waals surface area contributed by atoms with Crippen molar-refractivity contribution in [2.75, 3.05) is 19.8 Å². The summed E-state index contributed by atoms with van der Waals surface area (Å²) in [7, 11) is 0. The molecule has 2 N–H and O–H groups in total. The third-order valence-corrected chi connectivity index (χ3v) is 7.21. The predicted octanol–water partition coefficient (Wildman–Crippen LogP) is 7.45. The van der Waals surface area contributed by atoms with Crippen LogP contribution in [-0.2, 0) is 20.8 Å². The summed E-state index contributed by atoms with van der Waals surface area (Å²) in [5.74, 6) is 0. The van der Waals surface area contributed by atoms with E-state index in [0.29, 0.717) is 19.6 Å². The largest absolute Gasteiger partial charge is 0.447 e. The van der Waals surface area contributed by atoms with Crippen LogP contribution in [0.25, 0.3) is 0 Å². The van der Waals surface area contributed by atoms with Crippen molar-refractivity contribution in [2.24, 2.45) is 0 Å². The zero-order valence-electron chi connectivity index (χ0n) is 24.3. The number of alkyl carbamates (subject to hydrolysis) is 2. The molecule has 0 bridgehead atoms. The maximum absolute atomic E-state index is 12.3. The number of hydrogen-bond donors (Lipinski definition) is 2. The van der Waals surface area contributed by atoms with Crippen LogP contribution in [0.3, 0.4) is 0 Å². The van der Waals surface area contributed by atoms with Crippen LogP contribution in [0.4, 0.5) is 9.59 Å². The van der Waals surface area contributed by atoms with E-state index in [0.717, 1.165) is 25.0 Å². The van der Waals surface area contributed by atoms with E-state index >= 15 is 0 Å². The molecule has 0 spiro atoms. The minimum absolute atomic E-state index is 0.0328. The fraction of sp³-hybridized carbons (Fsp3) is 0.774. The van der Waals surface area contributed by atoms with Gasteiger partial charge in [0.2, 0.25) is 0 Å². The standard InChI is InChI=1S/C31H53N3O5/c1-2-3-4-5-6-7-8-9-10-11-12-13-14-15-17-23-33-31(36)39-28-21-19-24-37-29(28)26-38-30(35)34-25-27-20-16-18-22-32-27/h16,18,20,22,28-29H,2-15,17,19,21,23-26H2,1H3,(H,33,36)(H,34,35)/t28-,29+/m1/s1. The van der Waals surface area contributed by atoms with Gasteiger partial charge in [0.05, 0.1) is 12.2 Å². The highest BCUT2D eigenvalue weighted by Crippen LogP contribution is 2.18. The highest BCUT2D eigenvalue weighted by molar-refractivity contribution is 5.67. The first kappa shape index (κ1) is 32.9. The Morgan fingerprint density at radius 1 is 0.872 bits per heavy atom. The van der Waals surface area contributed by atoms with Gasteiger partial charge in [-0.3, -0.25) is 4.98 Å². The zero-order valence-corrected chi connectivity index (χ0v) is 24.3. The van der Waals surface area contributed by atoms with Crippen LogP contribution in [0.5, 0.6) is 0 Å². The molecule has 0 aliphatic carbocycles. The summed E-state index contributed by atoms with van der Waals surface area (Å²) in [4.78, 5) is 28.5. The van der Waals surface area contributed by atoms with Gasteiger partial charge in [-0.05, 0) is 31.4 Å². The van der Waals surface area contributed by atoms with Gasteiger partial charge < -0.3 is 24.8 Å². The second kappa shape index (κ2) is 22.5. The second-order valence-corrected chi connectivity index (χ2v) is 10.6. The fourth-order valence-electron chi connectivity index (χ4n) is 4.84. The van der Waals surface area contributed by atoms with E-state index in [-0.39, 0.29) is 13.2 Å². The Morgan fingerprint density at radius 3 is 2.13 bits per heavy atom. The molecular weight excluding hydrogens is 494 g/mol. The molecule has 2 heterocycles. The number of carbonyl (C=O) groups is 2. The molecule has 2 amide bonds. The highest BCUT2D eigenvalue weighted by Gasteiger charge is 2.30. The molecule has 1 saturated heterocycles. The number of unbranched alkanes of at least 4 members (excludes halogenated alkanes) is 14. The van der Waals surface area contributed by atoms with Gasteiger partial charge in [-0.2, -0.15) is 0 Å². The molecule has 1 aromatic heterocycles. The fourth-order valence-corrected chi connectivity index (χ4v) is 4.84. The first-order valence-corrected chi connectivity index (χ1v) is 15.6. The highest BCUT2D eigenvalue weighted by atomic mass is 16.6. The van der Waals surface area contributed by atoms with E-state index < -0.39 is 24.4 Å². The van der Waals surface area contributed by atoms with Crippen LogP contribution in [0.1, 0.15) is 122 Å². The topological polar surface area (TPSA) is 98.8 Å². The normalized spacial score (nSPS) is 16.9. The van der Waals surface area contributed by atoms with E-state index in [1.807, 2.05) is 18.2 Å². The smallest absolute Gasteiger partial charge is 0.407 e. The Kier molecular flexibility index (Phi) is 18.9. The molecule has 0 saturated carbocycles. The second-order valence-electron chi connectivity index (χ2n) is 10.6. The van der Waals surface area contributed by atoms with Crippen molar-refractivity contribution >= 4 is 12.2 Å².